The normalized spacial score (nSPS) is 17.8. The van der Waals surface area contributed by atoms with Gasteiger partial charge in [-0.3, -0.25) is 0 Å². The summed E-state index contributed by atoms with van der Waals surface area (Å²) in [4.78, 5) is 26.7. The number of anilines is 2. The minimum Gasteiger partial charge on any atom is -0.478 e. The van der Waals surface area contributed by atoms with E-state index in [1.165, 1.54) is 40.6 Å². The lowest BCUT2D eigenvalue weighted by Crippen LogP contribution is -2.37. The second-order valence-corrected chi connectivity index (χ2v) is 8.60. The van der Waals surface area contributed by atoms with E-state index >= 15 is 0 Å². The predicted octanol–water partition coefficient (Wildman–Crippen LogP) is 4.75. The number of hydrogen-bond donors (Lipinski definition) is 2. The van der Waals surface area contributed by atoms with Crippen molar-refractivity contribution in [2.24, 2.45) is 0 Å². The first-order valence-electron chi connectivity index (χ1n) is 9.53. The van der Waals surface area contributed by atoms with Gasteiger partial charge < -0.3 is 20.0 Å². The molecule has 2 aliphatic heterocycles. The van der Waals surface area contributed by atoms with Crippen molar-refractivity contribution in [2.45, 2.75) is 28.7 Å². The molecule has 2 aliphatic rings. The van der Waals surface area contributed by atoms with E-state index in [0.717, 1.165) is 11.6 Å². The van der Waals surface area contributed by atoms with E-state index in [9.17, 15) is 9.59 Å². The summed E-state index contributed by atoms with van der Waals surface area (Å²) >= 11 is 8.11. The van der Waals surface area contributed by atoms with E-state index in [4.69, 9.17) is 21.8 Å². The number of carboxylic acids is 2. The van der Waals surface area contributed by atoms with E-state index < -0.39 is 11.9 Å². The molecule has 8 heteroatoms. The van der Waals surface area contributed by atoms with Crippen molar-refractivity contribution >= 4 is 46.7 Å². The first-order chi connectivity index (χ1) is 14.3. The Bertz CT molecular complexity index is 950. The molecule has 4 rings (SSSR count). The molecule has 2 heterocycles. The zero-order chi connectivity index (χ0) is 21.7. The molecule has 30 heavy (non-hydrogen) atoms. The number of likely N-dealkylation sites (N-methyl/N-ethyl adjacent to an activating group) is 1. The molecular formula is C22H23ClN2O4S. The van der Waals surface area contributed by atoms with Crippen molar-refractivity contribution in [3.05, 3.63) is 59.6 Å². The van der Waals surface area contributed by atoms with Gasteiger partial charge in [-0.05, 0) is 56.8 Å². The van der Waals surface area contributed by atoms with Gasteiger partial charge in [0.15, 0.2) is 0 Å². The first-order valence-corrected chi connectivity index (χ1v) is 10.7. The summed E-state index contributed by atoms with van der Waals surface area (Å²) in [6.07, 6.45) is 3.69. The summed E-state index contributed by atoms with van der Waals surface area (Å²) in [5, 5.41) is 16.4. The number of carbonyl (C=O) groups is 2. The van der Waals surface area contributed by atoms with Gasteiger partial charge in [0.25, 0.3) is 0 Å². The summed E-state index contributed by atoms with van der Waals surface area (Å²) in [5.74, 6) is -2.51. The van der Waals surface area contributed by atoms with Crippen LogP contribution in [0.5, 0.6) is 0 Å². The third-order valence-corrected chi connectivity index (χ3v) is 6.39. The number of hydrogen-bond acceptors (Lipinski definition) is 5. The van der Waals surface area contributed by atoms with Crippen LogP contribution in [0.2, 0.25) is 5.02 Å². The molecule has 0 saturated carbocycles. The molecule has 0 amide bonds. The minimum absolute atomic E-state index is 0.558. The van der Waals surface area contributed by atoms with Gasteiger partial charge in [0, 0.05) is 39.6 Å². The molecule has 1 atom stereocenters. The van der Waals surface area contributed by atoms with Crippen LogP contribution in [-0.2, 0) is 9.59 Å². The van der Waals surface area contributed by atoms with E-state index in [1.54, 1.807) is 0 Å². The fourth-order valence-electron chi connectivity index (χ4n) is 3.56. The highest BCUT2D eigenvalue weighted by Crippen LogP contribution is 2.49. The number of fused-ring (bicyclic) bond motifs is 2. The Hall–Kier alpha value is -2.48. The molecule has 0 radical (unpaired) electrons. The number of para-hydroxylation sites is 1. The summed E-state index contributed by atoms with van der Waals surface area (Å²) < 4.78 is 0. The zero-order valence-electron chi connectivity index (χ0n) is 16.5. The Morgan fingerprint density at radius 3 is 2.40 bits per heavy atom. The number of benzene rings is 2. The number of halogens is 1. The first kappa shape index (κ1) is 22.2. The van der Waals surface area contributed by atoms with Gasteiger partial charge in [0.1, 0.15) is 0 Å². The Morgan fingerprint density at radius 2 is 1.77 bits per heavy atom. The molecule has 0 aliphatic carbocycles. The van der Waals surface area contributed by atoms with Crippen molar-refractivity contribution in [2.75, 3.05) is 25.0 Å². The molecule has 1 unspecified atom stereocenters. The van der Waals surface area contributed by atoms with Crippen molar-refractivity contribution in [3.63, 3.8) is 0 Å². The molecule has 1 fully saturated rings. The second kappa shape index (κ2) is 10.0. The van der Waals surface area contributed by atoms with Crippen molar-refractivity contribution < 1.29 is 19.8 Å². The van der Waals surface area contributed by atoms with Crippen LogP contribution in [0.25, 0.3) is 0 Å². The maximum Gasteiger partial charge on any atom is 0.328 e. The molecule has 0 spiro atoms. The fraction of sp³-hybridized carbons (Fsp3) is 0.273. The standard InChI is InChI=1S/C18H19ClN2S.C4H4O4/c1-20-10-4-5-14(20)12-21-15-6-2-3-7-17(15)22-18-9-8-13(19)11-16(18)21;5-3(6)1-2-4(7)8/h2-3,6-9,11,14H,4-5,10,12H2,1H3;1-2H,(H,5,6)(H,7,8)/b;2-1-. The average molecular weight is 447 g/mol. The van der Waals surface area contributed by atoms with Gasteiger partial charge in [-0.1, -0.05) is 35.5 Å². The number of rotatable bonds is 4. The topological polar surface area (TPSA) is 81.1 Å². The lowest BCUT2D eigenvalue weighted by molar-refractivity contribution is -0.134. The molecule has 0 aromatic heterocycles. The molecule has 158 valence electrons. The zero-order valence-corrected chi connectivity index (χ0v) is 18.1. The van der Waals surface area contributed by atoms with Gasteiger partial charge in [0.2, 0.25) is 0 Å². The summed E-state index contributed by atoms with van der Waals surface area (Å²) in [7, 11) is 2.24. The summed E-state index contributed by atoms with van der Waals surface area (Å²) in [6, 6.07) is 15.5. The fourth-order valence-corrected chi connectivity index (χ4v) is 4.80. The van der Waals surface area contributed by atoms with E-state index in [-0.39, 0.29) is 0 Å². The van der Waals surface area contributed by atoms with Crippen molar-refractivity contribution in [1.29, 1.82) is 0 Å². The smallest absolute Gasteiger partial charge is 0.328 e. The second-order valence-electron chi connectivity index (χ2n) is 7.08. The highest BCUT2D eigenvalue weighted by molar-refractivity contribution is 7.99. The Labute approximate surface area is 184 Å². The third-order valence-electron chi connectivity index (χ3n) is 5.02. The summed E-state index contributed by atoms with van der Waals surface area (Å²) in [6.45, 7) is 2.23. The molecule has 2 aromatic rings. The molecule has 2 aromatic carbocycles. The molecule has 2 N–H and O–H groups in total. The Morgan fingerprint density at radius 1 is 1.10 bits per heavy atom. The minimum atomic E-state index is -1.26. The summed E-state index contributed by atoms with van der Waals surface area (Å²) in [5.41, 5.74) is 2.55. The molecule has 1 saturated heterocycles. The van der Waals surface area contributed by atoms with Crippen LogP contribution < -0.4 is 4.90 Å². The van der Waals surface area contributed by atoms with Crippen molar-refractivity contribution in [3.8, 4) is 0 Å². The lowest BCUT2D eigenvalue weighted by Gasteiger charge is -2.36. The number of carboxylic acid groups (broad SMARTS) is 2. The monoisotopic (exact) mass is 446 g/mol. The molecule has 0 bridgehead atoms. The van der Waals surface area contributed by atoms with E-state index in [0.29, 0.717) is 18.2 Å². The SMILES string of the molecule is CN1CCCC1CN1c2ccccc2Sc2ccc(Cl)cc21.O=C(O)/C=C\C(=O)O. The van der Waals surface area contributed by atoms with E-state index in [2.05, 4.69) is 53.2 Å². The van der Waals surface area contributed by atoms with Crippen LogP contribution >= 0.6 is 23.4 Å². The van der Waals surface area contributed by atoms with Gasteiger partial charge in [-0.15, -0.1) is 0 Å². The van der Waals surface area contributed by atoms with Gasteiger partial charge in [-0.25, -0.2) is 9.59 Å². The predicted molar refractivity (Wildman–Crippen MR) is 119 cm³/mol. The maximum atomic E-state index is 9.55. The highest BCUT2D eigenvalue weighted by atomic mass is 35.5. The largest absolute Gasteiger partial charge is 0.478 e. The Balaban J connectivity index is 0.000000275. The van der Waals surface area contributed by atoms with Crippen LogP contribution in [0.1, 0.15) is 12.8 Å². The van der Waals surface area contributed by atoms with Gasteiger partial charge in [0.05, 0.1) is 11.4 Å². The van der Waals surface area contributed by atoms with Crippen LogP contribution in [0.4, 0.5) is 11.4 Å². The molecule has 6 nitrogen and oxygen atoms in total. The van der Waals surface area contributed by atoms with E-state index in [1.807, 2.05) is 17.8 Å². The Kier molecular flexibility index (Phi) is 7.42. The number of aliphatic carboxylic acids is 2. The quantitative estimate of drug-likeness (QED) is 0.656. The van der Waals surface area contributed by atoms with Crippen LogP contribution in [0, 0.1) is 0 Å². The van der Waals surface area contributed by atoms with Gasteiger partial charge >= 0.3 is 11.9 Å². The number of likely N-dealkylation sites (tertiary alicyclic amines) is 1. The highest BCUT2D eigenvalue weighted by Gasteiger charge is 2.29. The maximum absolute atomic E-state index is 9.55. The van der Waals surface area contributed by atoms with Crippen LogP contribution in [0.15, 0.2) is 64.4 Å². The van der Waals surface area contributed by atoms with Gasteiger partial charge in [-0.2, -0.15) is 0 Å². The van der Waals surface area contributed by atoms with Crippen molar-refractivity contribution in [1.82, 2.24) is 4.90 Å². The number of nitrogens with zero attached hydrogens (tertiary/aromatic N) is 2. The third kappa shape index (κ3) is 5.56. The van der Waals surface area contributed by atoms with Crippen LogP contribution in [0.3, 0.4) is 0 Å². The molecular weight excluding hydrogens is 424 g/mol. The average Bonchev–Trinajstić information content (AvgIpc) is 3.11. The van der Waals surface area contributed by atoms with Crippen LogP contribution in [-0.4, -0.2) is 53.2 Å². The lowest BCUT2D eigenvalue weighted by atomic mass is 10.1.